The highest BCUT2D eigenvalue weighted by Gasteiger charge is 2.34. The summed E-state index contributed by atoms with van der Waals surface area (Å²) >= 11 is 23.1. The second-order valence-electron chi connectivity index (χ2n) is 5.47. The molecule has 134 valence electrons. The molecule has 0 saturated carbocycles. The van der Waals surface area contributed by atoms with Gasteiger partial charge in [-0.15, -0.1) is 0 Å². The first-order valence-corrected chi connectivity index (χ1v) is 9.27. The Balaban J connectivity index is 2.62. The summed E-state index contributed by atoms with van der Waals surface area (Å²) in [6.45, 7) is 4.04. The summed E-state index contributed by atoms with van der Waals surface area (Å²) in [4.78, 5) is 12.0. The molecule has 0 aromatic heterocycles. The lowest BCUT2D eigenvalue weighted by Crippen LogP contribution is -2.56. The minimum Gasteiger partial charge on any atom is -0.339 e. The van der Waals surface area contributed by atoms with Gasteiger partial charge in [0.25, 0.3) is 0 Å². The smallest absolute Gasteiger partial charge is 0.228 e. The van der Waals surface area contributed by atoms with E-state index in [1.54, 1.807) is 0 Å². The van der Waals surface area contributed by atoms with Crippen LogP contribution in [0.3, 0.4) is 0 Å². The van der Waals surface area contributed by atoms with E-state index in [2.05, 4.69) is 22.9 Å². The highest BCUT2D eigenvalue weighted by atomic mass is 35.6. The van der Waals surface area contributed by atoms with Gasteiger partial charge in [0.15, 0.2) is 5.11 Å². The van der Waals surface area contributed by atoms with Crippen molar-refractivity contribution < 1.29 is 4.79 Å². The summed E-state index contributed by atoms with van der Waals surface area (Å²) in [7, 11) is 0. The largest absolute Gasteiger partial charge is 0.339 e. The predicted molar refractivity (Wildman–Crippen MR) is 107 cm³/mol. The van der Waals surface area contributed by atoms with Crippen molar-refractivity contribution in [1.82, 2.24) is 10.6 Å². The molecule has 1 aromatic rings. The van der Waals surface area contributed by atoms with E-state index in [9.17, 15) is 4.79 Å². The summed E-state index contributed by atoms with van der Waals surface area (Å²) in [6, 6.07) is 7.68. The number of aryl methyl sites for hydroxylation is 1. The number of unbranched alkanes of at least 4 members (excludes halogenated alkanes) is 2. The maximum Gasteiger partial charge on any atom is 0.228 e. The van der Waals surface area contributed by atoms with Gasteiger partial charge >= 0.3 is 0 Å². The molecule has 0 radical (unpaired) electrons. The van der Waals surface area contributed by atoms with Crippen LogP contribution in [0.1, 0.15) is 38.2 Å². The molecule has 0 aliphatic heterocycles. The summed E-state index contributed by atoms with van der Waals surface area (Å²) in [5.41, 5.74) is 1.90. The summed E-state index contributed by atoms with van der Waals surface area (Å²) in [5.74, 6) is -0.189. The number of rotatable bonds is 7. The zero-order valence-electron chi connectivity index (χ0n) is 13.7. The van der Waals surface area contributed by atoms with Gasteiger partial charge < -0.3 is 16.0 Å². The predicted octanol–water partition coefficient (Wildman–Crippen LogP) is 4.67. The number of carbonyl (C=O) groups is 1. The number of halogens is 3. The molecule has 3 N–H and O–H groups in total. The molecule has 1 aromatic carbocycles. The number of benzene rings is 1. The van der Waals surface area contributed by atoms with Gasteiger partial charge in [-0.05, 0) is 43.3 Å². The van der Waals surface area contributed by atoms with Gasteiger partial charge in [-0.3, -0.25) is 4.79 Å². The number of hydrogen-bond acceptors (Lipinski definition) is 2. The van der Waals surface area contributed by atoms with Crippen LogP contribution in [-0.2, 0) is 4.79 Å². The Kier molecular flexibility index (Phi) is 9.13. The van der Waals surface area contributed by atoms with Gasteiger partial charge in [0.1, 0.15) is 6.17 Å². The zero-order chi connectivity index (χ0) is 18.2. The van der Waals surface area contributed by atoms with Gasteiger partial charge in [-0.2, -0.15) is 0 Å². The first-order valence-electron chi connectivity index (χ1n) is 7.72. The molecular formula is C16H22Cl3N3OS. The Bertz CT molecular complexity index is 564. The average Bonchev–Trinajstić information content (AvgIpc) is 2.45. The number of carbonyl (C=O) groups excluding carboxylic acids is 1. The van der Waals surface area contributed by atoms with Crippen molar-refractivity contribution >= 4 is 63.7 Å². The Morgan fingerprint density at radius 2 is 1.96 bits per heavy atom. The fraction of sp³-hybridized carbons (Fsp3) is 0.500. The fourth-order valence-corrected chi connectivity index (χ4v) is 2.55. The van der Waals surface area contributed by atoms with Crippen molar-refractivity contribution in [3.63, 3.8) is 0 Å². The lowest BCUT2D eigenvalue weighted by Gasteiger charge is -2.27. The first-order chi connectivity index (χ1) is 11.2. The minimum atomic E-state index is -1.74. The van der Waals surface area contributed by atoms with Gasteiger partial charge in [0.2, 0.25) is 9.70 Å². The third-order valence-electron chi connectivity index (χ3n) is 3.19. The van der Waals surface area contributed by atoms with Crippen LogP contribution in [0.4, 0.5) is 5.69 Å². The van der Waals surface area contributed by atoms with Crippen molar-refractivity contribution in [2.45, 2.75) is 49.5 Å². The number of hydrogen-bond donors (Lipinski definition) is 3. The molecule has 4 nitrogen and oxygen atoms in total. The second kappa shape index (κ2) is 10.3. The molecule has 0 fully saturated rings. The van der Waals surface area contributed by atoms with Crippen molar-refractivity contribution in [2.75, 3.05) is 5.32 Å². The van der Waals surface area contributed by atoms with E-state index >= 15 is 0 Å². The standard InChI is InChI=1S/C16H22Cl3N3OS/c1-3-4-5-9-13(23)21-14(16(17,18)19)22-15(24)20-12-8-6-7-11(2)10-12/h6-8,10,14H,3-5,9H2,1-2H3,(H,21,23)(H2,20,22,24)/t14-/m0/s1. The molecule has 0 heterocycles. The third kappa shape index (κ3) is 8.38. The Hall–Kier alpha value is -0.750. The Labute approximate surface area is 163 Å². The Morgan fingerprint density at radius 1 is 1.25 bits per heavy atom. The number of alkyl halides is 3. The number of anilines is 1. The molecule has 0 aliphatic rings. The molecule has 0 unspecified atom stereocenters. The summed E-state index contributed by atoms with van der Waals surface area (Å²) in [6.07, 6.45) is 2.25. The van der Waals surface area contributed by atoms with E-state index in [0.29, 0.717) is 6.42 Å². The highest BCUT2D eigenvalue weighted by Crippen LogP contribution is 2.29. The van der Waals surface area contributed by atoms with Gasteiger partial charge in [-0.1, -0.05) is 66.7 Å². The highest BCUT2D eigenvalue weighted by molar-refractivity contribution is 7.80. The molecule has 8 heteroatoms. The lowest BCUT2D eigenvalue weighted by molar-refractivity contribution is -0.122. The van der Waals surface area contributed by atoms with Crippen LogP contribution < -0.4 is 16.0 Å². The average molecular weight is 411 g/mol. The van der Waals surface area contributed by atoms with E-state index in [4.69, 9.17) is 47.0 Å². The number of thiocarbonyl (C=S) groups is 1. The minimum absolute atomic E-state index is 0.189. The molecular weight excluding hydrogens is 389 g/mol. The zero-order valence-corrected chi connectivity index (χ0v) is 16.7. The van der Waals surface area contributed by atoms with E-state index in [-0.39, 0.29) is 11.0 Å². The van der Waals surface area contributed by atoms with Gasteiger partial charge in [-0.25, -0.2) is 0 Å². The summed E-state index contributed by atoms with van der Waals surface area (Å²) < 4.78 is -1.74. The number of nitrogens with one attached hydrogen (secondary N) is 3. The van der Waals surface area contributed by atoms with E-state index in [1.165, 1.54) is 0 Å². The van der Waals surface area contributed by atoms with Crippen molar-refractivity contribution in [3.05, 3.63) is 29.8 Å². The van der Waals surface area contributed by atoms with E-state index in [1.807, 2.05) is 31.2 Å². The molecule has 0 bridgehead atoms. The van der Waals surface area contributed by atoms with Crippen molar-refractivity contribution in [2.24, 2.45) is 0 Å². The van der Waals surface area contributed by atoms with Crippen LogP contribution >= 0.6 is 47.0 Å². The van der Waals surface area contributed by atoms with Crippen LogP contribution in [0, 0.1) is 6.92 Å². The first kappa shape index (κ1) is 21.3. The van der Waals surface area contributed by atoms with Crippen LogP contribution in [0.25, 0.3) is 0 Å². The van der Waals surface area contributed by atoms with Crippen LogP contribution in [0.15, 0.2) is 24.3 Å². The third-order valence-corrected chi connectivity index (χ3v) is 4.07. The normalized spacial score (nSPS) is 12.4. The molecule has 24 heavy (non-hydrogen) atoms. The van der Waals surface area contributed by atoms with E-state index in [0.717, 1.165) is 30.5 Å². The van der Waals surface area contributed by atoms with Crippen molar-refractivity contribution in [1.29, 1.82) is 0 Å². The van der Waals surface area contributed by atoms with Crippen LogP contribution in [0.5, 0.6) is 0 Å². The Morgan fingerprint density at radius 3 is 2.54 bits per heavy atom. The van der Waals surface area contributed by atoms with Crippen molar-refractivity contribution in [3.8, 4) is 0 Å². The van der Waals surface area contributed by atoms with Crippen LogP contribution in [-0.4, -0.2) is 21.0 Å². The molecule has 1 atom stereocenters. The quantitative estimate of drug-likeness (QED) is 0.264. The van der Waals surface area contributed by atoms with E-state index < -0.39 is 9.96 Å². The molecule has 1 rings (SSSR count). The summed E-state index contributed by atoms with van der Waals surface area (Å²) in [5, 5.41) is 8.77. The fourth-order valence-electron chi connectivity index (χ4n) is 1.99. The maximum absolute atomic E-state index is 12.0. The van der Waals surface area contributed by atoms with Crippen LogP contribution in [0.2, 0.25) is 0 Å². The SMILES string of the molecule is CCCCCC(=O)N[C@@H](NC(=S)Nc1cccc(C)c1)C(Cl)(Cl)Cl. The lowest BCUT2D eigenvalue weighted by atomic mass is 10.2. The molecule has 1 amide bonds. The molecule has 0 aliphatic carbocycles. The second-order valence-corrected chi connectivity index (χ2v) is 8.24. The monoisotopic (exact) mass is 409 g/mol. The van der Waals surface area contributed by atoms with Gasteiger partial charge in [0, 0.05) is 12.1 Å². The number of amides is 1. The topological polar surface area (TPSA) is 53.2 Å². The molecule has 0 saturated heterocycles. The molecule has 0 spiro atoms. The van der Waals surface area contributed by atoms with Gasteiger partial charge in [0.05, 0.1) is 0 Å². The maximum atomic E-state index is 12.0.